The molecule has 0 amide bonds. The van der Waals surface area contributed by atoms with Gasteiger partial charge in [-0.1, -0.05) is 23.7 Å². The van der Waals surface area contributed by atoms with E-state index in [9.17, 15) is 0 Å². The molecule has 0 saturated heterocycles. The van der Waals surface area contributed by atoms with Gasteiger partial charge >= 0.3 is 0 Å². The Kier molecular flexibility index (Phi) is 2.12. The molecule has 17 heavy (non-hydrogen) atoms. The van der Waals surface area contributed by atoms with Gasteiger partial charge in [-0.15, -0.1) is 0 Å². The Morgan fingerprint density at radius 2 is 2.24 bits per heavy atom. The number of anilines is 1. The normalized spacial score (nSPS) is 11.2. The number of hydrogen-bond acceptors (Lipinski definition) is 2. The van der Waals surface area contributed by atoms with Crippen LogP contribution in [0.25, 0.3) is 22.0 Å². The second-order valence-electron chi connectivity index (χ2n) is 4.02. The molecular formula is C12H11ClN4. The third-order valence-electron chi connectivity index (χ3n) is 2.92. The van der Waals surface area contributed by atoms with Crippen LogP contribution >= 0.6 is 11.6 Å². The first-order valence-corrected chi connectivity index (χ1v) is 5.58. The molecule has 0 fully saturated rings. The molecule has 4 nitrogen and oxygen atoms in total. The highest BCUT2D eigenvalue weighted by Crippen LogP contribution is 2.31. The predicted molar refractivity (Wildman–Crippen MR) is 69.9 cm³/mol. The van der Waals surface area contributed by atoms with E-state index in [0.717, 1.165) is 27.1 Å². The molecule has 3 N–H and O–H groups in total. The van der Waals surface area contributed by atoms with Gasteiger partial charge < -0.3 is 10.3 Å². The van der Waals surface area contributed by atoms with Gasteiger partial charge in [0, 0.05) is 29.7 Å². The first-order chi connectivity index (χ1) is 8.16. The molecule has 2 heterocycles. The minimum Gasteiger partial charge on any atom is -0.384 e. The molecule has 2 aromatic heterocycles. The van der Waals surface area contributed by atoms with E-state index < -0.39 is 0 Å². The Morgan fingerprint density at radius 3 is 2.94 bits per heavy atom. The lowest BCUT2D eigenvalue weighted by atomic mass is 10.1. The summed E-state index contributed by atoms with van der Waals surface area (Å²) < 4.78 is 2.00. The molecule has 5 heteroatoms. The van der Waals surface area contributed by atoms with Gasteiger partial charge in [-0.3, -0.25) is 5.10 Å². The van der Waals surface area contributed by atoms with E-state index in [2.05, 4.69) is 16.3 Å². The first-order valence-electron chi connectivity index (χ1n) is 5.20. The Balaban J connectivity index is 2.27. The van der Waals surface area contributed by atoms with E-state index in [1.807, 2.05) is 29.9 Å². The molecule has 0 aliphatic carbocycles. The van der Waals surface area contributed by atoms with Crippen LogP contribution in [0.1, 0.15) is 0 Å². The largest absolute Gasteiger partial charge is 0.384 e. The van der Waals surface area contributed by atoms with Crippen molar-refractivity contribution < 1.29 is 0 Å². The molecule has 1 aromatic carbocycles. The van der Waals surface area contributed by atoms with E-state index in [4.69, 9.17) is 17.3 Å². The molecule has 3 aromatic rings. The lowest BCUT2D eigenvalue weighted by Gasteiger charge is -2.01. The van der Waals surface area contributed by atoms with Crippen LogP contribution in [0.15, 0.2) is 30.6 Å². The molecule has 0 unspecified atom stereocenters. The van der Waals surface area contributed by atoms with E-state index >= 15 is 0 Å². The fourth-order valence-corrected chi connectivity index (χ4v) is 2.33. The lowest BCUT2D eigenvalue weighted by Crippen LogP contribution is -1.88. The van der Waals surface area contributed by atoms with Crippen LogP contribution in [0.4, 0.5) is 5.82 Å². The monoisotopic (exact) mass is 246 g/mol. The Hall–Kier alpha value is -1.94. The zero-order valence-corrected chi connectivity index (χ0v) is 9.99. The quantitative estimate of drug-likeness (QED) is 0.694. The first kappa shape index (κ1) is 10.2. The number of fused-ring (bicyclic) bond motifs is 1. The second-order valence-corrected chi connectivity index (χ2v) is 4.42. The van der Waals surface area contributed by atoms with Gasteiger partial charge in [-0.25, -0.2) is 0 Å². The standard InChI is InChI=1S/C12H11ClN4/c1-17-6-10(13)8-3-2-7(4-11(8)17)9-5-15-16-12(9)14/h2-6H,1H3,(H3,14,15,16). The van der Waals surface area contributed by atoms with Crippen LogP contribution in [0.2, 0.25) is 5.02 Å². The van der Waals surface area contributed by atoms with E-state index in [-0.39, 0.29) is 0 Å². The average molecular weight is 247 g/mol. The predicted octanol–water partition coefficient (Wildman–Crippen LogP) is 2.80. The van der Waals surface area contributed by atoms with Crippen LogP contribution < -0.4 is 5.73 Å². The maximum absolute atomic E-state index is 6.12. The number of hydrogen-bond donors (Lipinski definition) is 2. The summed E-state index contributed by atoms with van der Waals surface area (Å²) in [7, 11) is 1.97. The van der Waals surface area contributed by atoms with Gasteiger partial charge in [-0.2, -0.15) is 5.10 Å². The molecule has 86 valence electrons. The van der Waals surface area contributed by atoms with Crippen LogP contribution in [-0.4, -0.2) is 14.8 Å². The zero-order valence-electron chi connectivity index (χ0n) is 9.24. The Labute approximate surface area is 103 Å². The van der Waals surface area contributed by atoms with E-state index in [1.54, 1.807) is 6.20 Å². The number of aromatic nitrogens is 3. The smallest absolute Gasteiger partial charge is 0.126 e. The molecule has 3 rings (SSSR count). The SMILES string of the molecule is Cn1cc(Cl)c2ccc(-c3cn[nH]c3N)cc21. The zero-order chi connectivity index (χ0) is 12.0. The fraction of sp³-hybridized carbons (Fsp3) is 0.0833. The van der Waals surface area contributed by atoms with Crippen LogP contribution in [0, 0.1) is 0 Å². The van der Waals surface area contributed by atoms with Gasteiger partial charge in [0.1, 0.15) is 5.82 Å². The lowest BCUT2D eigenvalue weighted by molar-refractivity contribution is 0.969. The Bertz CT molecular complexity index is 696. The fourth-order valence-electron chi connectivity index (χ4n) is 2.03. The van der Waals surface area contributed by atoms with Gasteiger partial charge in [0.15, 0.2) is 0 Å². The van der Waals surface area contributed by atoms with Crippen LogP contribution in [0.5, 0.6) is 0 Å². The van der Waals surface area contributed by atoms with Crippen molar-refractivity contribution in [2.24, 2.45) is 7.05 Å². The van der Waals surface area contributed by atoms with Crippen molar-refractivity contribution in [1.29, 1.82) is 0 Å². The number of aryl methyl sites for hydroxylation is 1. The second kappa shape index (κ2) is 3.53. The molecule has 0 aliphatic heterocycles. The van der Waals surface area contributed by atoms with Gasteiger partial charge in [0.25, 0.3) is 0 Å². The van der Waals surface area contributed by atoms with Crippen molar-refractivity contribution in [3.8, 4) is 11.1 Å². The van der Waals surface area contributed by atoms with Gasteiger partial charge in [0.2, 0.25) is 0 Å². The number of rotatable bonds is 1. The third-order valence-corrected chi connectivity index (χ3v) is 3.22. The summed E-state index contributed by atoms with van der Waals surface area (Å²) in [5, 5.41) is 8.45. The molecule has 0 saturated carbocycles. The summed E-state index contributed by atoms with van der Waals surface area (Å²) >= 11 is 6.12. The van der Waals surface area contributed by atoms with Crippen molar-refractivity contribution in [3.63, 3.8) is 0 Å². The molecule has 0 bridgehead atoms. The topological polar surface area (TPSA) is 59.6 Å². The number of nitrogen functional groups attached to an aromatic ring is 1. The Morgan fingerprint density at radius 1 is 1.41 bits per heavy atom. The number of nitrogens with two attached hydrogens (primary N) is 1. The van der Waals surface area contributed by atoms with Crippen molar-refractivity contribution in [2.45, 2.75) is 0 Å². The average Bonchev–Trinajstić information content (AvgIpc) is 2.84. The van der Waals surface area contributed by atoms with Crippen LogP contribution in [-0.2, 0) is 7.05 Å². The highest BCUT2D eigenvalue weighted by atomic mass is 35.5. The van der Waals surface area contributed by atoms with Crippen LogP contribution in [0.3, 0.4) is 0 Å². The van der Waals surface area contributed by atoms with Crippen molar-refractivity contribution in [3.05, 3.63) is 35.6 Å². The van der Waals surface area contributed by atoms with E-state index in [1.165, 1.54) is 0 Å². The van der Waals surface area contributed by atoms with E-state index in [0.29, 0.717) is 5.82 Å². The number of aromatic amines is 1. The van der Waals surface area contributed by atoms with Crippen molar-refractivity contribution in [1.82, 2.24) is 14.8 Å². The number of nitrogens with one attached hydrogen (secondary N) is 1. The maximum atomic E-state index is 6.12. The summed E-state index contributed by atoms with van der Waals surface area (Å²) in [5.74, 6) is 0.574. The summed E-state index contributed by atoms with van der Waals surface area (Å²) in [6.07, 6.45) is 3.62. The summed E-state index contributed by atoms with van der Waals surface area (Å²) in [4.78, 5) is 0. The maximum Gasteiger partial charge on any atom is 0.126 e. The molecule has 0 radical (unpaired) electrons. The molecule has 0 atom stereocenters. The number of benzene rings is 1. The molecule has 0 aliphatic rings. The molecular weight excluding hydrogens is 236 g/mol. The molecule has 0 spiro atoms. The number of nitrogens with zero attached hydrogens (tertiary/aromatic N) is 2. The summed E-state index contributed by atoms with van der Waals surface area (Å²) in [5.41, 5.74) is 8.82. The number of H-pyrrole nitrogens is 1. The summed E-state index contributed by atoms with van der Waals surface area (Å²) in [6.45, 7) is 0. The van der Waals surface area contributed by atoms with Gasteiger partial charge in [-0.05, 0) is 11.6 Å². The summed E-state index contributed by atoms with van der Waals surface area (Å²) in [6, 6.07) is 6.05. The van der Waals surface area contributed by atoms with Crippen molar-refractivity contribution >= 4 is 28.3 Å². The number of halogens is 1. The minimum atomic E-state index is 0.574. The third kappa shape index (κ3) is 1.49. The highest BCUT2D eigenvalue weighted by Gasteiger charge is 2.09. The highest BCUT2D eigenvalue weighted by molar-refractivity contribution is 6.35. The van der Waals surface area contributed by atoms with Crippen molar-refractivity contribution in [2.75, 3.05) is 5.73 Å². The minimum absolute atomic E-state index is 0.574. The van der Waals surface area contributed by atoms with Gasteiger partial charge in [0.05, 0.1) is 11.2 Å².